The fourth-order valence-corrected chi connectivity index (χ4v) is 1.31. The van der Waals surface area contributed by atoms with E-state index in [1.54, 1.807) is 0 Å². The van der Waals surface area contributed by atoms with Crippen LogP contribution in [0.15, 0.2) is 12.1 Å². The molecule has 0 bridgehead atoms. The van der Waals surface area contributed by atoms with Crippen LogP contribution in [0, 0.1) is 11.6 Å². The Morgan fingerprint density at radius 2 is 1.94 bits per heavy atom. The van der Waals surface area contributed by atoms with Crippen molar-refractivity contribution in [3.63, 3.8) is 0 Å². The van der Waals surface area contributed by atoms with Crippen molar-refractivity contribution in [1.82, 2.24) is 0 Å². The fourth-order valence-electron chi connectivity index (χ4n) is 1.31. The standard InChI is InChI=1S/C10H8F2O4/c1-10(9(13)14)4-15-7-5(11)2-3-6(12)8(7)16-10/h2-3H,4H2,1H3,(H,13,14)/t10-/m0/s1. The highest BCUT2D eigenvalue weighted by Gasteiger charge is 2.42. The highest BCUT2D eigenvalue weighted by molar-refractivity contribution is 5.78. The summed E-state index contributed by atoms with van der Waals surface area (Å²) in [6, 6.07) is 1.74. The van der Waals surface area contributed by atoms with Crippen LogP contribution in [0.4, 0.5) is 8.78 Å². The van der Waals surface area contributed by atoms with Gasteiger partial charge < -0.3 is 14.6 Å². The van der Waals surface area contributed by atoms with Gasteiger partial charge in [0.25, 0.3) is 0 Å². The van der Waals surface area contributed by atoms with Crippen molar-refractivity contribution in [2.45, 2.75) is 12.5 Å². The van der Waals surface area contributed by atoms with Crippen molar-refractivity contribution in [1.29, 1.82) is 0 Å². The number of carboxylic acid groups (broad SMARTS) is 1. The molecule has 1 aliphatic heterocycles. The first-order valence-electron chi connectivity index (χ1n) is 4.47. The molecule has 0 aromatic heterocycles. The summed E-state index contributed by atoms with van der Waals surface area (Å²) in [5.41, 5.74) is -1.71. The molecule has 86 valence electrons. The van der Waals surface area contributed by atoms with Crippen LogP contribution < -0.4 is 9.47 Å². The van der Waals surface area contributed by atoms with Gasteiger partial charge in [-0.2, -0.15) is 0 Å². The number of fused-ring (bicyclic) bond motifs is 1. The molecule has 6 heteroatoms. The zero-order valence-electron chi connectivity index (χ0n) is 8.29. The quantitative estimate of drug-likeness (QED) is 0.795. The van der Waals surface area contributed by atoms with E-state index in [0.717, 1.165) is 12.1 Å². The van der Waals surface area contributed by atoms with E-state index in [0.29, 0.717) is 0 Å². The van der Waals surface area contributed by atoms with Gasteiger partial charge in [-0.15, -0.1) is 0 Å². The smallest absolute Gasteiger partial charge is 0.351 e. The molecule has 0 fully saturated rings. The van der Waals surface area contributed by atoms with Crippen molar-refractivity contribution >= 4 is 5.97 Å². The second kappa shape index (κ2) is 3.33. The molecule has 1 N–H and O–H groups in total. The van der Waals surface area contributed by atoms with Crippen LogP contribution in [0.25, 0.3) is 0 Å². The minimum atomic E-state index is -1.71. The Morgan fingerprint density at radius 3 is 2.50 bits per heavy atom. The van der Waals surface area contributed by atoms with Gasteiger partial charge in [-0.05, 0) is 19.1 Å². The van der Waals surface area contributed by atoms with Crippen LogP contribution in [0.2, 0.25) is 0 Å². The Kier molecular flexibility index (Phi) is 2.22. The summed E-state index contributed by atoms with van der Waals surface area (Å²) in [4.78, 5) is 10.9. The van der Waals surface area contributed by atoms with Crippen LogP contribution >= 0.6 is 0 Å². The topological polar surface area (TPSA) is 55.8 Å². The lowest BCUT2D eigenvalue weighted by atomic mass is 10.1. The number of carboxylic acids is 1. The largest absolute Gasteiger partial charge is 0.482 e. The number of hydrogen-bond donors (Lipinski definition) is 1. The number of aliphatic carboxylic acids is 1. The SMILES string of the molecule is C[C@@]1(C(=O)O)COc2c(F)ccc(F)c2O1. The van der Waals surface area contributed by atoms with Gasteiger partial charge in [-0.3, -0.25) is 0 Å². The summed E-state index contributed by atoms with van der Waals surface area (Å²) >= 11 is 0. The van der Waals surface area contributed by atoms with Gasteiger partial charge in [0.2, 0.25) is 11.4 Å². The van der Waals surface area contributed by atoms with Crippen molar-refractivity contribution in [2.75, 3.05) is 6.61 Å². The fraction of sp³-hybridized carbons (Fsp3) is 0.300. The summed E-state index contributed by atoms with van der Waals surface area (Å²) in [6.07, 6.45) is 0. The maximum atomic E-state index is 13.3. The minimum absolute atomic E-state index is 0.379. The Labute approximate surface area is 89.4 Å². The molecule has 0 amide bonds. The Balaban J connectivity index is 2.48. The lowest BCUT2D eigenvalue weighted by Gasteiger charge is -2.32. The second-order valence-corrected chi connectivity index (χ2v) is 3.61. The van der Waals surface area contributed by atoms with E-state index in [1.165, 1.54) is 6.92 Å². The molecule has 16 heavy (non-hydrogen) atoms. The zero-order valence-corrected chi connectivity index (χ0v) is 8.29. The molecule has 0 radical (unpaired) electrons. The van der Waals surface area contributed by atoms with E-state index in [4.69, 9.17) is 14.6 Å². The van der Waals surface area contributed by atoms with Gasteiger partial charge in [-0.25, -0.2) is 13.6 Å². The number of benzene rings is 1. The summed E-state index contributed by atoms with van der Waals surface area (Å²) < 4.78 is 36.3. The van der Waals surface area contributed by atoms with Crippen molar-refractivity contribution in [3.05, 3.63) is 23.8 Å². The van der Waals surface area contributed by atoms with Crippen LogP contribution in [0.5, 0.6) is 11.5 Å². The highest BCUT2D eigenvalue weighted by atomic mass is 19.1. The van der Waals surface area contributed by atoms with Gasteiger partial charge in [0.15, 0.2) is 17.4 Å². The maximum Gasteiger partial charge on any atom is 0.351 e. The normalized spacial score (nSPS) is 22.9. The first-order valence-corrected chi connectivity index (χ1v) is 4.47. The third-order valence-electron chi connectivity index (χ3n) is 2.29. The molecule has 0 unspecified atom stereocenters. The third-order valence-corrected chi connectivity index (χ3v) is 2.29. The van der Waals surface area contributed by atoms with E-state index in [1.807, 2.05) is 0 Å². The highest BCUT2D eigenvalue weighted by Crippen LogP contribution is 2.39. The van der Waals surface area contributed by atoms with Gasteiger partial charge in [-0.1, -0.05) is 0 Å². The molecule has 1 aromatic rings. The molecular formula is C10H8F2O4. The van der Waals surface area contributed by atoms with Crippen LogP contribution in [-0.4, -0.2) is 23.3 Å². The van der Waals surface area contributed by atoms with Crippen LogP contribution in [0.1, 0.15) is 6.92 Å². The summed E-state index contributed by atoms with van der Waals surface area (Å²) in [5, 5.41) is 8.86. The number of hydrogen-bond acceptors (Lipinski definition) is 3. The van der Waals surface area contributed by atoms with Crippen LogP contribution in [-0.2, 0) is 4.79 Å². The van der Waals surface area contributed by atoms with Gasteiger partial charge in [0.05, 0.1) is 0 Å². The Bertz CT molecular complexity index is 460. The number of ether oxygens (including phenoxy) is 2. The first-order chi connectivity index (χ1) is 7.44. The van der Waals surface area contributed by atoms with E-state index in [9.17, 15) is 13.6 Å². The zero-order chi connectivity index (χ0) is 11.9. The average Bonchev–Trinajstić information content (AvgIpc) is 2.23. The minimum Gasteiger partial charge on any atom is -0.482 e. The van der Waals surface area contributed by atoms with Gasteiger partial charge in [0.1, 0.15) is 6.61 Å². The molecule has 4 nitrogen and oxygen atoms in total. The first kappa shape index (κ1) is 10.7. The molecule has 1 aromatic carbocycles. The van der Waals surface area contributed by atoms with Crippen molar-refractivity contribution in [3.8, 4) is 11.5 Å². The molecule has 1 heterocycles. The molecular weight excluding hydrogens is 222 g/mol. The summed E-state index contributed by atoms with van der Waals surface area (Å²) in [7, 11) is 0. The predicted molar refractivity (Wildman–Crippen MR) is 48.5 cm³/mol. The molecule has 0 saturated heterocycles. The summed E-state index contributed by atoms with van der Waals surface area (Å²) in [5.74, 6) is -3.84. The lowest BCUT2D eigenvalue weighted by Crippen LogP contribution is -2.49. The second-order valence-electron chi connectivity index (χ2n) is 3.61. The van der Waals surface area contributed by atoms with Gasteiger partial charge >= 0.3 is 5.97 Å². The predicted octanol–water partition coefficient (Wildman–Crippen LogP) is 1.58. The average molecular weight is 230 g/mol. The molecule has 0 spiro atoms. The van der Waals surface area contributed by atoms with Crippen molar-refractivity contribution < 1.29 is 28.2 Å². The molecule has 2 rings (SSSR count). The van der Waals surface area contributed by atoms with E-state index in [-0.39, 0.29) is 6.61 Å². The maximum absolute atomic E-state index is 13.3. The third kappa shape index (κ3) is 1.46. The molecule has 0 saturated carbocycles. The van der Waals surface area contributed by atoms with E-state index in [2.05, 4.69) is 0 Å². The number of rotatable bonds is 1. The number of halogens is 2. The number of carbonyl (C=O) groups is 1. The lowest BCUT2D eigenvalue weighted by molar-refractivity contribution is -0.158. The molecule has 1 aliphatic rings. The Hall–Kier alpha value is -1.85. The summed E-state index contributed by atoms with van der Waals surface area (Å²) in [6.45, 7) is 0.846. The van der Waals surface area contributed by atoms with Gasteiger partial charge in [0, 0.05) is 0 Å². The van der Waals surface area contributed by atoms with Crippen LogP contribution in [0.3, 0.4) is 0 Å². The van der Waals surface area contributed by atoms with E-state index < -0.39 is 34.7 Å². The molecule has 0 aliphatic carbocycles. The van der Waals surface area contributed by atoms with Crippen molar-refractivity contribution in [2.24, 2.45) is 0 Å². The monoisotopic (exact) mass is 230 g/mol. The van der Waals surface area contributed by atoms with E-state index >= 15 is 0 Å². The Morgan fingerprint density at radius 1 is 1.38 bits per heavy atom. The molecule has 1 atom stereocenters.